The highest BCUT2D eigenvalue weighted by molar-refractivity contribution is 5.97. The van der Waals surface area contributed by atoms with Gasteiger partial charge >= 0.3 is 6.09 Å². The third kappa shape index (κ3) is 5.08. The highest BCUT2D eigenvalue weighted by Crippen LogP contribution is 2.24. The lowest BCUT2D eigenvalue weighted by molar-refractivity contribution is 0.0161. The van der Waals surface area contributed by atoms with Crippen LogP contribution in [0.15, 0.2) is 24.3 Å². The van der Waals surface area contributed by atoms with Gasteiger partial charge in [-0.2, -0.15) is 0 Å². The van der Waals surface area contributed by atoms with Crippen molar-refractivity contribution in [2.24, 2.45) is 5.92 Å². The second kappa shape index (κ2) is 7.16. The molecule has 1 aliphatic heterocycles. The van der Waals surface area contributed by atoms with E-state index in [4.69, 9.17) is 4.74 Å². The number of ketones is 1. The molecule has 2 rings (SSSR count). The Hall–Kier alpha value is -1.84. The highest BCUT2D eigenvalue weighted by atomic mass is 16.6. The van der Waals surface area contributed by atoms with Gasteiger partial charge in [0.05, 0.1) is 0 Å². The number of Topliss-reactive ketones (excluding diaryl/α,β-unsaturated/α-hetero) is 1. The summed E-state index contributed by atoms with van der Waals surface area (Å²) < 4.78 is 5.44. The maximum Gasteiger partial charge on any atom is 0.410 e. The molecule has 0 N–H and O–H groups in total. The zero-order valence-electron chi connectivity index (χ0n) is 14.6. The normalized spacial score (nSPS) is 18.6. The van der Waals surface area contributed by atoms with Crippen molar-refractivity contribution in [3.63, 3.8) is 0 Å². The number of hydrogen-bond donors (Lipinski definition) is 0. The average molecular weight is 317 g/mol. The van der Waals surface area contributed by atoms with Crippen molar-refractivity contribution in [1.82, 2.24) is 4.90 Å². The fourth-order valence-electron chi connectivity index (χ4n) is 2.98. The molecule has 0 aliphatic carbocycles. The quantitative estimate of drug-likeness (QED) is 0.784. The maximum atomic E-state index is 12.5. The zero-order valence-corrected chi connectivity index (χ0v) is 14.6. The Balaban J connectivity index is 1.95. The SMILES string of the molecule is Cc1ccccc1C(=O)C[C@@H]1CCCN(C(=O)OC(C)(C)C)C1. The van der Waals surface area contributed by atoms with Crippen molar-refractivity contribution in [3.05, 3.63) is 35.4 Å². The van der Waals surface area contributed by atoms with Crippen molar-refractivity contribution in [2.75, 3.05) is 13.1 Å². The minimum absolute atomic E-state index is 0.166. The molecule has 1 fully saturated rings. The molecule has 0 radical (unpaired) electrons. The van der Waals surface area contributed by atoms with Crippen molar-refractivity contribution >= 4 is 11.9 Å². The van der Waals surface area contributed by atoms with Crippen LogP contribution in [0.1, 0.15) is 56.0 Å². The second-order valence-corrected chi connectivity index (χ2v) is 7.38. The molecule has 23 heavy (non-hydrogen) atoms. The Morgan fingerprint density at radius 1 is 1.26 bits per heavy atom. The molecule has 1 heterocycles. The fourth-order valence-corrected chi connectivity index (χ4v) is 2.98. The molecular weight excluding hydrogens is 290 g/mol. The summed E-state index contributed by atoms with van der Waals surface area (Å²) in [5.41, 5.74) is 1.32. The fraction of sp³-hybridized carbons (Fsp3) is 0.579. The van der Waals surface area contributed by atoms with Crippen LogP contribution in [0.3, 0.4) is 0 Å². The molecule has 1 aromatic carbocycles. The van der Waals surface area contributed by atoms with Gasteiger partial charge in [-0.25, -0.2) is 4.79 Å². The van der Waals surface area contributed by atoms with Gasteiger partial charge in [0.1, 0.15) is 5.60 Å². The Kier molecular flexibility index (Phi) is 5.45. The van der Waals surface area contributed by atoms with E-state index in [1.807, 2.05) is 52.0 Å². The van der Waals surface area contributed by atoms with Gasteiger partial charge in [-0.05, 0) is 52.0 Å². The predicted molar refractivity (Wildman–Crippen MR) is 90.7 cm³/mol. The van der Waals surface area contributed by atoms with E-state index in [0.717, 1.165) is 24.0 Å². The summed E-state index contributed by atoms with van der Waals surface area (Å²) in [6.45, 7) is 8.88. The van der Waals surface area contributed by atoms with E-state index in [1.165, 1.54) is 0 Å². The maximum absolute atomic E-state index is 12.5. The van der Waals surface area contributed by atoms with Crippen LogP contribution in [0.2, 0.25) is 0 Å². The number of hydrogen-bond acceptors (Lipinski definition) is 3. The standard InChI is InChI=1S/C19H27NO3/c1-14-8-5-6-10-16(14)17(21)12-15-9-7-11-20(13-15)18(22)23-19(2,3)4/h5-6,8,10,15H,7,9,11-13H2,1-4H3/t15-/m0/s1. The molecule has 1 amide bonds. The molecular formula is C19H27NO3. The van der Waals surface area contributed by atoms with Crippen LogP contribution < -0.4 is 0 Å². The van der Waals surface area contributed by atoms with Crippen LogP contribution in [0, 0.1) is 12.8 Å². The summed E-state index contributed by atoms with van der Waals surface area (Å²) in [6, 6.07) is 7.68. The zero-order chi connectivity index (χ0) is 17.0. The topological polar surface area (TPSA) is 46.6 Å². The lowest BCUT2D eigenvalue weighted by Gasteiger charge is -2.34. The number of benzene rings is 1. The summed E-state index contributed by atoms with van der Waals surface area (Å²) >= 11 is 0. The first-order valence-electron chi connectivity index (χ1n) is 8.33. The largest absolute Gasteiger partial charge is 0.444 e. The Morgan fingerprint density at radius 3 is 2.61 bits per heavy atom. The van der Waals surface area contributed by atoms with Crippen LogP contribution in [0.4, 0.5) is 4.79 Å². The summed E-state index contributed by atoms with van der Waals surface area (Å²) in [5, 5.41) is 0. The summed E-state index contributed by atoms with van der Waals surface area (Å²) in [7, 11) is 0. The molecule has 1 aromatic rings. The molecule has 0 unspecified atom stereocenters. The molecule has 0 saturated carbocycles. The number of carbonyl (C=O) groups is 2. The van der Waals surface area contributed by atoms with E-state index < -0.39 is 5.60 Å². The Labute approximate surface area is 138 Å². The van der Waals surface area contributed by atoms with Gasteiger partial charge < -0.3 is 9.64 Å². The van der Waals surface area contributed by atoms with E-state index in [0.29, 0.717) is 19.5 Å². The van der Waals surface area contributed by atoms with Gasteiger partial charge in [0.15, 0.2) is 5.78 Å². The number of amides is 1. The number of nitrogens with zero attached hydrogens (tertiary/aromatic N) is 1. The Bertz CT molecular complexity index is 574. The molecule has 1 saturated heterocycles. The third-order valence-electron chi connectivity index (χ3n) is 4.09. The molecule has 0 spiro atoms. The van der Waals surface area contributed by atoms with Crippen LogP contribution in [0.25, 0.3) is 0 Å². The summed E-state index contributed by atoms with van der Waals surface area (Å²) in [4.78, 5) is 26.4. The molecule has 1 aliphatic rings. The van der Waals surface area contributed by atoms with Crippen LogP contribution in [0.5, 0.6) is 0 Å². The number of likely N-dealkylation sites (tertiary alicyclic amines) is 1. The van der Waals surface area contributed by atoms with Crippen molar-refractivity contribution < 1.29 is 14.3 Å². The molecule has 4 nitrogen and oxygen atoms in total. The minimum atomic E-state index is -0.485. The van der Waals surface area contributed by atoms with E-state index >= 15 is 0 Å². The van der Waals surface area contributed by atoms with Crippen molar-refractivity contribution in [3.8, 4) is 0 Å². The molecule has 1 atom stereocenters. The van der Waals surface area contributed by atoms with Gasteiger partial charge in [-0.3, -0.25) is 4.79 Å². The average Bonchev–Trinajstić information content (AvgIpc) is 2.46. The number of ether oxygens (including phenoxy) is 1. The first-order chi connectivity index (χ1) is 10.8. The van der Waals surface area contributed by atoms with Gasteiger partial charge in [0.2, 0.25) is 0 Å². The van der Waals surface area contributed by atoms with Gasteiger partial charge in [0, 0.05) is 25.1 Å². The number of rotatable bonds is 3. The van der Waals surface area contributed by atoms with E-state index in [9.17, 15) is 9.59 Å². The van der Waals surface area contributed by atoms with E-state index in [-0.39, 0.29) is 17.8 Å². The summed E-state index contributed by atoms with van der Waals surface area (Å²) in [5.74, 6) is 0.377. The first kappa shape index (κ1) is 17.5. The van der Waals surface area contributed by atoms with Crippen LogP contribution in [-0.2, 0) is 4.74 Å². The molecule has 126 valence electrons. The predicted octanol–water partition coefficient (Wildman–Crippen LogP) is 4.21. The highest BCUT2D eigenvalue weighted by Gasteiger charge is 2.29. The van der Waals surface area contributed by atoms with Crippen molar-refractivity contribution in [1.29, 1.82) is 0 Å². The van der Waals surface area contributed by atoms with E-state index in [2.05, 4.69) is 0 Å². The van der Waals surface area contributed by atoms with Crippen LogP contribution in [-0.4, -0.2) is 35.5 Å². The van der Waals surface area contributed by atoms with Crippen LogP contribution >= 0.6 is 0 Å². The van der Waals surface area contributed by atoms with Gasteiger partial charge in [-0.1, -0.05) is 24.3 Å². The number of piperidine rings is 1. The number of carbonyl (C=O) groups excluding carboxylic acids is 2. The van der Waals surface area contributed by atoms with Gasteiger partial charge in [0.25, 0.3) is 0 Å². The third-order valence-corrected chi connectivity index (χ3v) is 4.09. The lowest BCUT2D eigenvalue weighted by atomic mass is 9.90. The molecule has 4 heteroatoms. The monoisotopic (exact) mass is 317 g/mol. The molecule has 0 bridgehead atoms. The smallest absolute Gasteiger partial charge is 0.410 e. The van der Waals surface area contributed by atoms with Crippen molar-refractivity contribution in [2.45, 2.75) is 52.6 Å². The second-order valence-electron chi connectivity index (χ2n) is 7.38. The van der Waals surface area contributed by atoms with E-state index in [1.54, 1.807) is 4.90 Å². The molecule has 0 aromatic heterocycles. The summed E-state index contributed by atoms with van der Waals surface area (Å²) in [6.07, 6.45) is 2.12. The lowest BCUT2D eigenvalue weighted by Crippen LogP contribution is -2.43. The first-order valence-corrected chi connectivity index (χ1v) is 8.33. The minimum Gasteiger partial charge on any atom is -0.444 e. The Morgan fingerprint density at radius 2 is 1.96 bits per heavy atom. The number of aryl methyl sites for hydroxylation is 1. The van der Waals surface area contributed by atoms with Gasteiger partial charge in [-0.15, -0.1) is 0 Å².